The maximum atomic E-state index is 11.4. The average molecular weight is 230 g/mol. The average Bonchev–Trinajstić information content (AvgIpc) is 2.61. The van der Waals surface area contributed by atoms with Crippen LogP contribution < -0.4 is 5.32 Å². The first-order chi connectivity index (χ1) is 7.22. The number of ether oxygens (including phenoxy) is 2. The molecule has 0 saturated carbocycles. The molecule has 1 aromatic rings. The molecule has 0 unspecified atom stereocenters. The van der Waals surface area contributed by atoms with Gasteiger partial charge in [-0.3, -0.25) is 0 Å². The first-order valence-corrected chi connectivity index (χ1v) is 5.25. The Morgan fingerprint density at radius 2 is 2.27 bits per heavy atom. The van der Waals surface area contributed by atoms with Crippen molar-refractivity contribution in [3.05, 3.63) is 15.6 Å². The first kappa shape index (κ1) is 12.1. The molecule has 0 spiro atoms. The molecule has 0 aliphatic rings. The van der Waals surface area contributed by atoms with Crippen molar-refractivity contribution in [1.29, 1.82) is 0 Å². The standard InChI is InChI=1S/C9H14N2O3S/c1-10-4-7-11-6(5-13-2)8(15-7)9(12)14-3/h10H,4-5H2,1-3H3. The Labute approximate surface area is 92.4 Å². The molecular weight excluding hydrogens is 216 g/mol. The number of hydrogen-bond donors (Lipinski definition) is 1. The largest absolute Gasteiger partial charge is 0.465 e. The first-order valence-electron chi connectivity index (χ1n) is 4.43. The van der Waals surface area contributed by atoms with Gasteiger partial charge in [0.15, 0.2) is 0 Å². The third kappa shape index (κ3) is 2.98. The second-order valence-electron chi connectivity index (χ2n) is 2.84. The molecule has 0 aliphatic heterocycles. The van der Waals surface area contributed by atoms with Gasteiger partial charge in [0.25, 0.3) is 0 Å². The van der Waals surface area contributed by atoms with Crippen molar-refractivity contribution in [3.8, 4) is 0 Å². The van der Waals surface area contributed by atoms with Crippen molar-refractivity contribution in [3.63, 3.8) is 0 Å². The molecule has 1 aromatic heterocycles. The molecule has 5 nitrogen and oxygen atoms in total. The Morgan fingerprint density at radius 1 is 1.53 bits per heavy atom. The predicted octanol–water partition coefficient (Wildman–Crippen LogP) is 0.795. The fourth-order valence-electron chi connectivity index (χ4n) is 1.11. The third-order valence-corrected chi connectivity index (χ3v) is 2.80. The lowest BCUT2D eigenvalue weighted by molar-refractivity contribution is 0.0601. The van der Waals surface area contributed by atoms with Crippen LogP contribution in [0.5, 0.6) is 0 Å². The highest BCUT2D eigenvalue weighted by Crippen LogP contribution is 2.20. The van der Waals surface area contributed by atoms with Crippen LogP contribution in [-0.2, 0) is 22.6 Å². The van der Waals surface area contributed by atoms with E-state index >= 15 is 0 Å². The zero-order valence-electron chi connectivity index (χ0n) is 8.99. The molecule has 0 aromatic carbocycles. The molecule has 1 heterocycles. The van der Waals surface area contributed by atoms with Gasteiger partial charge in [0.05, 0.1) is 19.4 Å². The van der Waals surface area contributed by atoms with E-state index in [1.54, 1.807) is 7.11 Å². The lowest BCUT2D eigenvalue weighted by Crippen LogP contribution is -2.05. The Balaban J connectivity index is 2.94. The molecule has 0 radical (unpaired) electrons. The van der Waals surface area contributed by atoms with Crippen molar-refractivity contribution < 1.29 is 14.3 Å². The minimum Gasteiger partial charge on any atom is -0.465 e. The van der Waals surface area contributed by atoms with Crippen LogP contribution in [0.3, 0.4) is 0 Å². The number of aromatic nitrogens is 1. The van der Waals surface area contributed by atoms with E-state index in [-0.39, 0.29) is 5.97 Å². The van der Waals surface area contributed by atoms with Crippen molar-refractivity contribution in [2.75, 3.05) is 21.3 Å². The lowest BCUT2D eigenvalue weighted by atomic mass is 10.4. The van der Waals surface area contributed by atoms with E-state index in [4.69, 9.17) is 4.74 Å². The Bertz CT molecular complexity index is 338. The number of esters is 1. The van der Waals surface area contributed by atoms with Crippen LogP contribution in [0.1, 0.15) is 20.4 Å². The smallest absolute Gasteiger partial charge is 0.350 e. The van der Waals surface area contributed by atoms with Gasteiger partial charge in [-0.15, -0.1) is 11.3 Å². The van der Waals surface area contributed by atoms with Crippen LogP contribution in [0.2, 0.25) is 0 Å². The SMILES string of the molecule is CNCc1nc(COC)c(C(=O)OC)s1. The normalized spacial score (nSPS) is 10.3. The van der Waals surface area contributed by atoms with Gasteiger partial charge in [0.2, 0.25) is 0 Å². The maximum absolute atomic E-state index is 11.4. The minimum atomic E-state index is -0.359. The molecule has 0 fully saturated rings. The van der Waals surface area contributed by atoms with Gasteiger partial charge < -0.3 is 14.8 Å². The summed E-state index contributed by atoms with van der Waals surface area (Å²) in [7, 11) is 4.75. The summed E-state index contributed by atoms with van der Waals surface area (Å²) in [6.07, 6.45) is 0. The molecule has 0 bridgehead atoms. The Morgan fingerprint density at radius 3 is 2.80 bits per heavy atom. The number of methoxy groups -OCH3 is 2. The Kier molecular flexibility index (Phi) is 4.67. The summed E-state index contributed by atoms with van der Waals surface area (Å²) < 4.78 is 9.64. The van der Waals surface area contributed by atoms with E-state index in [1.165, 1.54) is 18.4 Å². The molecule has 6 heteroatoms. The quantitative estimate of drug-likeness (QED) is 0.758. The van der Waals surface area contributed by atoms with E-state index in [1.807, 2.05) is 7.05 Å². The number of carbonyl (C=O) groups excluding carboxylic acids is 1. The van der Waals surface area contributed by atoms with Crippen molar-refractivity contribution in [1.82, 2.24) is 10.3 Å². The van der Waals surface area contributed by atoms with Crippen LogP contribution in [0.4, 0.5) is 0 Å². The highest BCUT2D eigenvalue weighted by atomic mass is 32.1. The van der Waals surface area contributed by atoms with Gasteiger partial charge in [-0.05, 0) is 7.05 Å². The predicted molar refractivity (Wildman–Crippen MR) is 56.9 cm³/mol. The van der Waals surface area contributed by atoms with Gasteiger partial charge >= 0.3 is 5.97 Å². The van der Waals surface area contributed by atoms with Gasteiger partial charge in [0.1, 0.15) is 9.88 Å². The van der Waals surface area contributed by atoms with Crippen LogP contribution in [0.15, 0.2) is 0 Å². The second-order valence-corrected chi connectivity index (χ2v) is 3.92. The van der Waals surface area contributed by atoms with Crippen LogP contribution in [0.25, 0.3) is 0 Å². The summed E-state index contributed by atoms with van der Waals surface area (Å²) in [4.78, 5) is 16.2. The molecular formula is C9H14N2O3S. The van der Waals surface area contributed by atoms with Gasteiger partial charge in [-0.25, -0.2) is 9.78 Å². The zero-order valence-corrected chi connectivity index (χ0v) is 9.81. The van der Waals surface area contributed by atoms with Gasteiger partial charge in [-0.1, -0.05) is 0 Å². The Hall–Kier alpha value is -0.980. The summed E-state index contributed by atoms with van der Waals surface area (Å²) in [5.41, 5.74) is 0.639. The second kappa shape index (κ2) is 5.79. The molecule has 1 N–H and O–H groups in total. The van der Waals surface area contributed by atoms with Crippen molar-refractivity contribution >= 4 is 17.3 Å². The van der Waals surface area contributed by atoms with E-state index in [9.17, 15) is 4.79 Å². The van der Waals surface area contributed by atoms with E-state index < -0.39 is 0 Å². The molecule has 0 saturated heterocycles. The van der Waals surface area contributed by atoms with Crippen molar-refractivity contribution in [2.24, 2.45) is 0 Å². The van der Waals surface area contributed by atoms with Crippen LogP contribution in [-0.4, -0.2) is 32.2 Å². The summed E-state index contributed by atoms with van der Waals surface area (Å²) in [6.45, 7) is 0.961. The molecule has 0 atom stereocenters. The summed E-state index contributed by atoms with van der Waals surface area (Å²) in [5, 5.41) is 3.83. The molecule has 0 amide bonds. The lowest BCUT2D eigenvalue weighted by Gasteiger charge is -1.98. The van der Waals surface area contributed by atoms with E-state index in [2.05, 4.69) is 15.0 Å². The number of rotatable bonds is 5. The fourth-order valence-corrected chi connectivity index (χ4v) is 2.11. The van der Waals surface area contributed by atoms with Crippen LogP contribution >= 0.6 is 11.3 Å². The topological polar surface area (TPSA) is 60.5 Å². The molecule has 15 heavy (non-hydrogen) atoms. The van der Waals surface area contributed by atoms with E-state index in [0.29, 0.717) is 23.7 Å². The highest BCUT2D eigenvalue weighted by Gasteiger charge is 2.17. The van der Waals surface area contributed by atoms with Gasteiger partial charge in [0, 0.05) is 13.7 Å². The van der Waals surface area contributed by atoms with Crippen LogP contribution in [0, 0.1) is 0 Å². The number of carbonyl (C=O) groups is 1. The highest BCUT2D eigenvalue weighted by molar-refractivity contribution is 7.13. The van der Waals surface area contributed by atoms with Crippen molar-refractivity contribution in [2.45, 2.75) is 13.2 Å². The molecule has 0 aliphatic carbocycles. The number of hydrogen-bond acceptors (Lipinski definition) is 6. The van der Waals surface area contributed by atoms with E-state index in [0.717, 1.165) is 5.01 Å². The number of nitrogens with one attached hydrogen (secondary N) is 1. The summed E-state index contributed by atoms with van der Waals surface area (Å²) in [6, 6.07) is 0. The minimum absolute atomic E-state index is 0.324. The number of nitrogens with zero attached hydrogens (tertiary/aromatic N) is 1. The molecule has 84 valence electrons. The summed E-state index contributed by atoms with van der Waals surface area (Å²) in [5.74, 6) is -0.359. The molecule has 1 rings (SSSR count). The van der Waals surface area contributed by atoms with Gasteiger partial charge in [-0.2, -0.15) is 0 Å². The maximum Gasteiger partial charge on any atom is 0.350 e. The fraction of sp³-hybridized carbons (Fsp3) is 0.556. The summed E-state index contributed by atoms with van der Waals surface area (Å²) >= 11 is 1.33. The monoisotopic (exact) mass is 230 g/mol. The number of thiazole rings is 1. The third-order valence-electron chi connectivity index (χ3n) is 1.72. The zero-order chi connectivity index (χ0) is 11.3.